The zero-order chi connectivity index (χ0) is 17.8. The molecule has 0 amide bonds. The summed E-state index contributed by atoms with van der Waals surface area (Å²) in [6.07, 6.45) is 1.67. The maximum Gasteiger partial charge on any atom is 0.229 e. The number of hydrogen-bond acceptors (Lipinski definition) is 6. The smallest absolute Gasteiger partial charge is 0.229 e. The van der Waals surface area contributed by atoms with Crippen LogP contribution in [0.15, 0.2) is 76.4 Å². The number of azo groups is 1. The first-order valence-corrected chi connectivity index (χ1v) is 8.69. The fraction of sp³-hybridized carbons (Fsp3) is 0. The molecule has 2 aromatic heterocycles. The topological polar surface area (TPSA) is 90.1 Å². The van der Waals surface area contributed by atoms with Crippen LogP contribution in [0.3, 0.4) is 0 Å². The van der Waals surface area contributed by atoms with E-state index in [4.69, 9.17) is 0 Å². The molecule has 1 N–H and O–H groups in total. The summed E-state index contributed by atoms with van der Waals surface area (Å²) in [5.74, 6) is 1.09. The predicted molar refractivity (Wildman–Crippen MR) is 100 cm³/mol. The third kappa shape index (κ3) is 3.14. The normalized spacial score (nSPS) is 10.9. The van der Waals surface area contributed by atoms with E-state index < -0.39 is 0 Å². The van der Waals surface area contributed by atoms with Gasteiger partial charge in [-0.1, -0.05) is 48.5 Å². The highest BCUT2D eigenvalue weighted by molar-refractivity contribution is 7.13. The van der Waals surface area contributed by atoms with E-state index in [0.717, 1.165) is 11.1 Å². The highest BCUT2D eigenvalue weighted by Gasteiger charge is 2.16. The lowest BCUT2D eigenvalue weighted by Gasteiger charge is -2.01. The van der Waals surface area contributed by atoms with Gasteiger partial charge in [0.2, 0.25) is 10.9 Å². The van der Waals surface area contributed by atoms with E-state index in [1.54, 1.807) is 12.3 Å². The Morgan fingerprint density at radius 1 is 1.00 bits per heavy atom. The Balaban J connectivity index is 1.85. The number of H-pyrrole nitrogens is 1. The molecule has 0 unspecified atom stereocenters. The molecule has 0 saturated heterocycles. The van der Waals surface area contributed by atoms with Crippen molar-refractivity contribution in [3.8, 4) is 28.7 Å². The highest BCUT2D eigenvalue weighted by Crippen LogP contribution is 2.34. The number of imidazole rings is 1. The van der Waals surface area contributed by atoms with Gasteiger partial charge in [-0.15, -0.1) is 21.6 Å². The van der Waals surface area contributed by atoms with Crippen LogP contribution in [-0.4, -0.2) is 15.0 Å². The number of hydrogen-bond donors (Lipinski definition) is 1. The maximum atomic E-state index is 9.43. The van der Waals surface area contributed by atoms with Crippen molar-refractivity contribution in [3.63, 3.8) is 0 Å². The van der Waals surface area contributed by atoms with Crippen LogP contribution in [0.5, 0.6) is 0 Å². The average Bonchev–Trinajstić information content (AvgIpc) is 3.37. The van der Waals surface area contributed by atoms with Gasteiger partial charge in [-0.25, -0.2) is 9.97 Å². The molecule has 0 aliphatic rings. The molecule has 0 bridgehead atoms. The molecule has 26 heavy (non-hydrogen) atoms. The van der Waals surface area contributed by atoms with Gasteiger partial charge in [-0.05, 0) is 6.07 Å². The predicted octanol–water partition coefficient (Wildman–Crippen LogP) is 5.49. The van der Waals surface area contributed by atoms with Crippen molar-refractivity contribution < 1.29 is 0 Å². The second-order valence-corrected chi connectivity index (χ2v) is 6.20. The van der Waals surface area contributed by atoms with Gasteiger partial charge in [0.15, 0.2) is 0 Å². The fourth-order valence-corrected chi connectivity index (χ4v) is 2.96. The number of nitriles is 1. The van der Waals surface area contributed by atoms with Gasteiger partial charge >= 0.3 is 0 Å². The molecule has 0 spiro atoms. The molecule has 0 fully saturated rings. The van der Waals surface area contributed by atoms with Crippen molar-refractivity contribution in [2.45, 2.75) is 0 Å². The van der Waals surface area contributed by atoms with E-state index in [2.05, 4.69) is 31.2 Å². The van der Waals surface area contributed by atoms with E-state index in [1.807, 2.05) is 53.9 Å². The quantitative estimate of drug-likeness (QED) is 0.490. The first-order valence-electron chi connectivity index (χ1n) is 7.81. The van der Waals surface area contributed by atoms with Gasteiger partial charge in [0.25, 0.3) is 0 Å². The number of aromatic nitrogens is 3. The van der Waals surface area contributed by atoms with E-state index in [9.17, 15) is 5.26 Å². The van der Waals surface area contributed by atoms with E-state index in [0.29, 0.717) is 28.0 Å². The van der Waals surface area contributed by atoms with Crippen molar-refractivity contribution in [1.82, 2.24) is 15.0 Å². The van der Waals surface area contributed by atoms with Gasteiger partial charge in [-0.3, -0.25) is 0 Å². The van der Waals surface area contributed by atoms with E-state index in [-0.39, 0.29) is 0 Å². The third-order valence-corrected chi connectivity index (χ3v) is 4.35. The summed E-state index contributed by atoms with van der Waals surface area (Å²) in [5.41, 5.74) is 2.86. The Morgan fingerprint density at radius 2 is 1.81 bits per heavy atom. The largest absolute Gasteiger partial charge is 0.336 e. The van der Waals surface area contributed by atoms with Gasteiger partial charge in [0.1, 0.15) is 5.82 Å². The van der Waals surface area contributed by atoms with Crippen molar-refractivity contribution in [1.29, 1.82) is 5.26 Å². The summed E-state index contributed by atoms with van der Waals surface area (Å²) >= 11 is 1.39. The Kier molecular flexibility index (Phi) is 4.33. The lowest BCUT2D eigenvalue weighted by Crippen LogP contribution is -1.85. The number of aromatic amines is 1. The molecule has 0 atom stereocenters. The van der Waals surface area contributed by atoms with Crippen LogP contribution >= 0.6 is 11.3 Å². The van der Waals surface area contributed by atoms with Crippen molar-refractivity contribution in [3.05, 3.63) is 71.7 Å². The summed E-state index contributed by atoms with van der Waals surface area (Å²) in [6, 6.07) is 19.3. The minimum atomic E-state index is 0.418. The lowest BCUT2D eigenvalue weighted by molar-refractivity contribution is 1.16. The van der Waals surface area contributed by atoms with Crippen molar-refractivity contribution >= 4 is 22.3 Å². The van der Waals surface area contributed by atoms with Crippen molar-refractivity contribution in [2.75, 3.05) is 0 Å². The lowest BCUT2D eigenvalue weighted by atomic mass is 10.1. The molecule has 124 valence electrons. The molecule has 0 radical (unpaired) electrons. The van der Waals surface area contributed by atoms with Crippen LogP contribution in [0.25, 0.3) is 22.6 Å². The highest BCUT2D eigenvalue weighted by atomic mass is 32.1. The number of thiazole rings is 1. The monoisotopic (exact) mass is 356 g/mol. The summed E-state index contributed by atoms with van der Waals surface area (Å²) in [6.45, 7) is 0. The van der Waals surface area contributed by atoms with E-state index >= 15 is 0 Å². The second-order valence-electron chi connectivity index (χ2n) is 5.32. The molecule has 0 saturated carbocycles. The number of nitrogens with one attached hydrogen (secondary N) is 1. The first kappa shape index (κ1) is 15.9. The Morgan fingerprint density at radius 3 is 2.58 bits per heavy atom. The molecule has 0 aliphatic carbocycles. The van der Waals surface area contributed by atoms with Crippen LogP contribution in [0.1, 0.15) is 5.56 Å². The summed E-state index contributed by atoms with van der Waals surface area (Å²) in [5, 5.41) is 20.2. The standard InChI is InChI=1S/C19H12N6S/c20-12-14-8-4-5-9-15(14)16-18(24-25-19-21-10-11-26-19)23-17(22-16)13-6-2-1-3-7-13/h1-11H,(H,22,23). The molecular formula is C19H12N6S. The molecule has 4 aromatic rings. The molecule has 4 rings (SSSR count). The van der Waals surface area contributed by atoms with Crippen LogP contribution in [-0.2, 0) is 0 Å². The Hall–Kier alpha value is -3.63. The van der Waals surface area contributed by atoms with Gasteiger partial charge in [-0.2, -0.15) is 5.26 Å². The summed E-state index contributed by atoms with van der Waals surface area (Å²) in [4.78, 5) is 12.0. The van der Waals surface area contributed by atoms with Crippen LogP contribution in [0.4, 0.5) is 10.9 Å². The van der Waals surface area contributed by atoms with Crippen LogP contribution < -0.4 is 0 Å². The maximum absolute atomic E-state index is 9.43. The Labute approximate surface area is 153 Å². The minimum absolute atomic E-state index is 0.418. The number of benzene rings is 2. The molecule has 0 aliphatic heterocycles. The zero-order valence-electron chi connectivity index (χ0n) is 13.5. The van der Waals surface area contributed by atoms with Gasteiger partial charge < -0.3 is 4.98 Å². The van der Waals surface area contributed by atoms with Crippen LogP contribution in [0.2, 0.25) is 0 Å². The molecular weight excluding hydrogens is 344 g/mol. The van der Waals surface area contributed by atoms with Crippen LogP contribution in [0, 0.1) is 11.3 Å². The SMILES string of the molecule is N#Cc1ccccc1-c1[nH]c(-c2ccccc2)nc1N=Nc1nccs1. The molecule has 6 nitrogen and oxygen atoms in total. The molecule has 7 heteroatoms. The number of rotatable bonds is 4. The fourth-order valence-electron chi connectivity index (χ4n) is 2.51. The zero-order valence-corrected chi connectivity index (χ0v) is 14.3. The number of nitrogens with zero attached hydrogens (tertiary/aromatic N) is 5. The van der Waals surface area contributed by atoms with E-state index in [1.165, 1.54) is 11.3 Å². The van der Waals surface area contributed by atoms with Gasteiger partial charge in [0.05, 0.1) is 17.3 Å². The minimum Gasteiger partial charge on any atom is -0.336 e. The first-order chi connectivity index (χ1) is 12.8. The molecule has 2 heterocycles. The second kappa shape index (κ2) is 7.09. The summed E-state index contributed by atoms with van der Waals surface area (Å²) < 4.78 is 0. The molecule has 2 aromatic carbocycles. The third-order valence-electron chi connectivity index (χ3n) is 3.70. The van der Waals surface area contributed by atoms with Gasteiger partial charge in [0, 0.05) is 22.7 Å². The summed E-state index contributed by atoms with van der Waals surface area (Å²) in [7, 11) is 0. The Bertz CT molecular complexity index is 1090. The van der Waals surface area contributed by atoms with Crippen molar-refractivity contribution in [2.24, 2.45) is 10.2 Å². The average molecular weight is 356 g/mol.